The van der Waals surface area contributed by atoms with Crippen LogP contribution in [-0.2, 0) is 0 Å². The smallest absolute Gasteiger partial charge is 0.252 e. The standard InChI is InChI=1S/C11H9N3O/c1-2-5-12-11(15)8-3-4-9-7-13-14-10(9)6-8/h1,3-4,6-7H,5H2,(H,12,15)(H,13,14). The number of amides is 1. The molecule has 0 aliphatic carbocycles. The van der Waals surface area contributed by atoms with Gasteiger partial charge in [-0.1, -0.05) is 12.0 Å². The summed E-state index contributed by atoms with van der Waals surface area (Å²) in [5, 5.41) is 10.2. The molecule has 15 heavy (non-hydrogen) atoms. The molecule has 74 valence electrons. The number of aromatic amines is 1. The van der Waals surface area contributed by atoms with Gasteiger partial charge in [0.15, 0.2) is 0 Å². The number of fused-ring (bicyclic) bond motifs is 1. The summed E-state index contributed by atoms with van der Waals surface area (Å²) in [6, 6.07) is 5.32. The molecule has 0 fully saturated rings. The van der Waals surface area contributed by atoms with Crippen molar-refractivity contribution in [3.8, 4) is 12.3 Å². The second-order valence-corrected chi connectivity index (χ2v) is 3.06. The van der Waals surface area contributed by atoms with Gasteiger partial charge in [0, 0.05) is 10.9 Å². The molecule has 0 saturated heterocycles. The molecule has 0 unspecified atom stereocenters. The van der Waals surface area contributed by atoms with Gasteiger partial charge >= 0.3 is 0 Å². The van der Waals surface area contributed by atoms with E-state index in [1.807, 2.05) is 6.07 Å². The van der Waals surface area contributed by atoms with E-state index in [-0.39, 0.29) is 12.5 Å². The zero-order valence-electron chi connectivity index (χ0n) is 7.95. The van der Waals surface area contributed by atoms with E-state index in [0.717, 1.165) is 10.9 Å². The number of H-pyrrole nitrogens is 1. The minimum absolute atomic E-state index is 0.176. The Labute approximate surface area is 86.7 Å². The second-order valence-electron chi connectivity index (χ2n) is 3.06. The molecular weight excluding hydrogens is 190 g/mol. The molecule has 4 heteroatoms. The molecule has 0 radical (unpaired) electrons. The minimum Gasteiger partial charge on any atom is -0.341 e. The van der Waals surface area contributed by atoms with Gasteiger partial charge in [0.2, 0.25) is 0 Å². The fraction of sp³-hybridized carbons (Fsp3) is 0.0909. The third kappa shape index (κ3) is 1.81. The molecular formula is C11H9N3O. The number of rotatable bonds is 2. The van der Waals surface area contributed by atoms with Crippen LogP contribution >= 0.6 is 0 Å². The topological polar surface area (TPSA) is 57.8 Å². The fourth-order valence-corrected chi connectivity index (χ4v) is 1.31. The van der Waals surface area contributed by atoms with Crippen LogP contribution in [0.25, 0.3) is 10.9 Å². The summed E-state index contributed by atoms with van der Waals surface area (Å²) in [6.07, 6.45) is 6.75. The summed E-state index contributed by atoms with van der Waals surface area (Å²) in [7, 11) is 0. The zero-order valence-corrected chi connectivity index (χ0v) is 7.95. The molecule has 1 heterocycles. The van der Waals surface area contributed by atoms with Crippen LogP contribution in [0.4, 0.5) is 0 Å². The summed E-state index contributed by atoms with van der Waals surface area (Å²) in [5.41, 5.74) is 1.41. The summed E-state index contributed by atoms with van der Waals surface area (Å²) in [5.74, 6) is 2.17. The van der Waals surface area contributed by atoms with Crippen LogP contribution in [0.15, 0.2) is 24.4 Å². The van der Waals surface area contributed by atoms with Gasteiger partial charge in [0.25, 0.3) is 5.91 Å². The number of aromatic nitrogens is 2. The van der Waals surface area contributed by atoms with E-state index in [9.17, 15) is 4.79 Å². The van der Waals surface area contributed by atoms with Gasteiger partial charge in [-0.25, -0.2) is 0 Å². The van der Waals surface area contributed by atoms with Crippen LogP contribution in [-0.4, -0.2) is 22.6 Å². The average molecular weight is 199 g/mol. The van der Waals surface area contributed by atoms with Gasteiger partial charge < -0.3 is 5.32 Å². The Bertz CT molecular complexity index is 536. The number of carbonyl (C=O) groups excluding carboxylic acids is 1. The monoisotopic (exact) mass is 199 g/mol. The van der Waals surface area contributed by atoms with Gasteiger partial charge in [-0.2, -0.15) is 5.10 Å². The number of nitrogens with zero attached hydrogens (tertiary/aromatic N) is 1. The highest BCUT2D eigenvalue weighted by molar-refractivity contribution is 5.97. The zero-order chi connectivity index (χ0) is 10.7. The lowest BCUT2D eigenvalue weighted by atomic mass is 10.1. The average Bonchev–Trinajstić information content (AvgIpc) is 2.72. The Morgan fingerprint density at radius 3 is 3.27 bits per heavy atom. The van der Waals surface area contributed by atoms with Gasteiger partial charge in [-0.05, 0) is 12.1 Å². The number of carbonyl (C=O) groups is 1. The van der Waals surface area contributed by atoms with Crippen LogP contribution < -0.4 is 5.32 Å². The molecule has 2 aromatic rings. The first-order valence-electron chi connectivity index (χ1n) is 4.46. The van der Waals surface area contributed by atoms with Crippen LogP contribution in [0.2, 0.25) is 0 Å². The first-order chi connectivity index (χ1) is 7.31. The third-order valence-corrected chi connectivity index (χ3v) is 2.06. The Hall–Kier alpha value is -2.28. The summed E-state index contributed by atoms with van der Waals surface area (Å²) < 4.78 is 0. The van der Waals surface area contributed by atoms with Crippen molar-refractivity contribution in [2.45, 2.75) is 0 Å². The third-order valence-electron chi connectivity index (χ3n) is 2.06. The molecule has 2 rings (SSSR count). The first kappa shape index (κ1) is 9.28. The highest BCUT2D eigenvalue weighted by Crippen LogP contribution is 2.12. The van der Waals surface area contributed by atoms with Crippen molar-refractivity contribution in [3.05, 3.63) is 30.0 Å². The van der Waals surface area contributed by atoms with Crippen molar-refractivity contribution >= 4 is 16.8 Å². The van der Waals surface area contributed by atoms with Gasteiger partial charge in [-0.3, -0.25) is 9.89 Å². The number of nitrogens with one attached hydrogen (secondary N) is 2. The van der Waals surface area contributed by atoms with Crippen molar-refractivity contribution in [1.29, 1.82) is 0 Å². The van der Waals surface area contributed by atoms with Crippen molar-refractivity contribution in [3.63, 3.8) is 0 Å². The molecule has 1 amide bonds. The summed E-state index contributed by atoms with van der Waals surface area (Å²) in [4.78, 5) is 11.5. The molecule has 4 nitrogen and oxygen atoms in total. The Morgan fingerprint density at radius 1 is 1.60 bits per heavy atom. The highest BCUT2D eigenvalue weighted by Gasteiger charge is 2.05. The number of hydrogen-bond donors (Lipinski definition) is 2. The molecule has 0 saturated carbocycles. The van der Waals surface area contributed by atoms with Crippen molar-refractivity contribution in [1.82, 2.24) is 15.5 Å². The maximum Gasteiger partial charge on any atom is 0.252 e. The molecule has 1 aromatic carbocycles. The molecule has 0 aliphatic rings. The lowest BCUT2D eigenvalue weighted by Crippen LogP contribution is -2.23. The molecule has 0 bridgehead atoms. The van der Waals surface area contributed by atoms with Crippen LogP contribution in [0, 0.1) is 12.3 Å². The first-order valence-corrected chi connectivity index (χ1v) is 4.46. The Kier molecular flexibility index (Phi) is 2.38. The molecule has 2 N–H and O–H groups in total. The van der Waals surface area contributed by atoms with Crippen LogP contribution in [0.1, 0.15) is 10.4 Å². The van der Waals surface area contributed by atoms with E-state index in [1.165, 1.54) is 0 Å². The quantitative estimate of drug-likeness (QED) is 0.707. The maximum absolute atomic E-state index is 11.5. The normalized spacial score (nSPS) is 9.80. The van der Waals surface area contributed by atoms with Gasteiger partial charge in [0.1, 0.15) is 0 Å². The van der Waals surface area contributed by atoms with Crippen molar-refractivity contribution in [2.24, 2.45) is 0 Å². The Balaban J connectivity index is 2.28. The van der Waals surface area contributed by atoms with E-state index in [1.54, 1.807) is 18.3 Å². The fourth-order valence-electron chi connectivity index (χ4n) is 1.31. The SMILES string of the molecule is C#CCNC(=O)c1ccc2cn[nH]c2c1. The van der Waals surface area contributed by atoms with E-state index >= 15 is 0 Å². The molecule has 0 atom stereocenters. The lowest BCUT2D eigenvalue weighted by molar-refractivity contribution is 0.0959. The van der Waals surface area contributed by atoms with Crippen molar-refractivity contribution in [2.75, 3.05) is 6.54 Å². The summed E-state index contributed by atoms with van der Waals surface area (Å²) in [6.45, 7) is 0.236. The van der Waals surface area contributed by atoms with E-state index in [0.29, 0.717) is 5.56 Å². The van der Waals surface area contributed by atoms with E-state index < -0.39 is 0 Å². The van der Waals surface area contributed by atoms with Gasteiger partial charge in [-0.15, -0.1) is 6.42 Å². The number of benzene rings is 1. The van der Waals surface area contributed by atoms with Crippen LogP contribution in [0.3, 0.4) is 0 Å². The maximum atomic E-state index is 11.5. The minimum atomic E-state index is -0.176. The largest absolute Gasteiger partial charge is 0.341 e. The lowest BCUT2D eigenvalue weighted by Gasteiger charge is -2.00. The summed E-state index contributed by atoms with van der Waals surface area (Å²) >= 11 is 0. The molecule has 1 aromatic heterocycles. The van der Waals surface area contributed by atoms with E-state index in [2.05, 4.69) is 21.4 Å². The second kappa shape index (κ2) is 3.84. The van der Waals surface area contributed by atoms with Crippen molar-refractivity contribution < 1.29 is 4.79 Å². The predicted octanol–water partition coefficient (Wildman–Crippen LogP) is 0.926. The van der Waals surface area contributed by atoms with Gasteiger partial charge in [0.05, 0.1) is 18.3 Å². The number of hydrogen-bond acceptors (Lipinski definition) is 2. The number of terminal acetylenes is 1. The van der Waals surface area contributed by atoms with E-state index in [4.69, 9.17) is 6.42 Å². The molecule has 0 spiro atoms. The predicted molar refractivity (Wildman–Crippen MR) is 57.3 cm³/mol. The Morgan fingerprint density at radius 2 is 2.47 bits per heavy atom. The molecule has 0 aliphatic heterocycles. The van der Waals surface area contributed by atoms with Crippen LogP contribution in [0.5, 0.6) is 0 Å². The highest BCUT2D eigenvalue weighted by atomic mass is 16.1.